The molecule has 2 saturated heterocycles. The smallest absolute Gasteiger partial charge is 0.323 e. The van der Waals surface area contributed by atoms with Crippen molar-refractivity contribution in [1.82, 2.24) is 35.3 Å². The van der Waals surface area contributed by atoms with E-state index in [0.717, 1.165) is 44.6 Å². The van der Waals surface area contributed by atoms with Gasteiger partial charge in [-0.05, 0) is 49.6 Å². The average molecular weight is 333 g/mol. The summed E-state index contributed by atoms with van der Waals surface area (Å²) in [6.45, 7) is 4.25. The van der Waals surface area contributed by atoms with Crippen molar-refractivity contribution in [3.05, 3.63) is 5.82 Å². The summed E-state index contributed by atoms with van der Waals surface area (Å²) >= 11 is 0. The Kier molecular flexibility index (Phi) is 3.56. The number of nitrogens with zero attached hydrogens (tertiary/aromatic N) is 6. The summed E-state index contributed by atoms with van der Waals surface area (Å²) < 4.78 is 1.93. The van der Waals surface area contributed by atoms with Crippen molar-refractivity contribution in [2.24, 2.45) is 5.92 Å². The molecule has 4 rings (SSSR count). The molecule has 9 nitrogen and oxygen atoms in total. The van der Waals surface area contributed by atoms with Gasteiger partial charge in [-0.3, -0.25) is 14.6 Å². The van der Waals surface area contributed by atoms with Crippen molar-refractivity contribution in [1.29, 1.82) is 0 Å². The van der Waals surface area contributed by atoms with Crippen molar-refractivity contribution >= 4 is 11.9 Å². The van der Waals surface area contributed by atoms with Gasteiger partial charge in [0.15, 0.2) is 5.82 Å². The second kappa shape index (κ2) is 5.51. The predicted octanol–water partition coefficient (Wildman–Crippen LogP) is 0.160. The second-order valence-corrected chi connectivity index (χ2v) is 7.34. The molecule has 3 fully saturated rings. The standard InChI is InChI=1S/C15H23N7O2/c1-15(13(23)20(2)14(24)16-15)10-4-3-7-21(8-10)9-12-17-18-19-22(12)11-5-6-11/h10-11H,3-9H2,1-2H3,(H,16,24). The molecule has 130 valence electrons. The molecule has 24 heavy (non-hydrogen) atoms. The predicted molar refractivity (Wildman–Crippen MR) is 83.8 cm³/mol. The first-order valence-electron chi connectivity index (χ1n) is 8.58. The van der Waals surface area contributed by atoms with Gasteiger partial charge in [-0.2, -0.15) is 0 Å². The zero-order valence-corrected chi connectivity index (χ0v) is 14.1. The van der Waals surface area contributed by atoms with E-state index in [1.165, 1.54) is 11.9 Å². The SMILES string of the molecule is CN1C(=O)NC(C)(C2CCCN(Cc3nnnn3C3CC3)C2)C1=O. The molecule has 2 aliphatic heterocycles. The molecule has 0 bridgehead atoms. The van der Waals surface area contributed by atoms with E-state index in [0.29, 0.717) is 12.6 Å². The Morgan fingerprint density at radius 2 is 2.08 bits per heavy atom. The number of hydrogen-bond donors (Lipinski definition) is 1. The number of tetrazole rings is 1. The highest BCUT2D eigenvalue weighted by Crippen LogP contribution is 2.35. The topological polar surface area (TPSA) is 96.2 Å². The van der Waals surface area contributed by atoms with Gasteiger partial charge < -0.3 is 5.32 Å². The number of carbonyl (C=O) groups excluding carboxylic acids is 2. The van der Waals surface area contributed by atoms with Gasteiger partial charge in [-0.15, -0.1) is 5.10 Å². The van der Waals surface area contributed by atoms with Crippen LogP contribution >= 0.6 is 0 Å². The number of aromatic nitrogens is 4. The van der Waals surface area contributed by atoms with Crippen LogP contribution in [0.1, 0.15) is 44.5 Å². The number of imide groups is 1. The highest BCUT2D eigenvalue weighted by atomic mass is 16.2. The van der Waals surface area contributed by atoms with Crippen LogP contribution in [0.15, 0.2) is 0 Å². The lowest BCUT2D eigenvalue weighted by Gasteiger charge is -2.39. The second-order valence-electron chi connectivity index (χ2n) is 7.34. The molecule has 1 aliphatic carbocycles. The van der Waals surface area contributed by atoms with Crippen LogP contribution in [0.25, 0.3) is 0 Å². The summed E-state index contributed by atoms with van der Waals surface area (Å²) in [5, 5.41) is 15.0. The lowest BCUT2D eigenvalue weighted by molar-refractivity contribution is -0.132. The highest BCUT2D eigenvalue weighted by molar-refractivity contribution is 6.06. The van der Waals surface area contributed by atoms with Crippen molar-refractivity contribution < 1.29 is 9.59 Å². The maximum absolute atomic E-state index is 12.5. The van der Waals surface area contributed by atoms with E-state index in [2.05, 4.69) is 25.7 Å². The molecule has 1 aromatic heterocycles. The van der Waals surface area contributed by atoms with E-state index < -0.39 is 5.54 Å². The van der Waals surface area contributed by atoms with Gasteiger partial charge in [0.05, 0.1) is 12.6 Å². The molecular weight excluding hydrogens is 310 g/mol. The summed E-state index contributed by atoms with van der Waals surface area (Å²) in [6, 6.07) is 0.148. The number of rotatable bonds is 4. The van der Waals surface area contributed by atoms with E-state index in [-0.39, 0.29) is 17.9 Å². The van der Waals surface area contributed by atoms with Gasteiger partial charge >= 0.3 is 6.03 Å². The molecule has 1 saturated carbocycles. The van der Waals surface area contributed by atoms with Gasteiger partial charge in [0, 0.05) is 19.5 Å². The molecule has 0 radical (unpaired) electrons. The Morgan fingerprint density at radius 3 is 2.75 bits per heavy atom. The van der Waals surface area contributed by atoms with E-state index in [9.17, 15) is 9.59 Å². The van der Waals surface area contributed by atoms with Gasteiger partial charge in [-0.25, -0.2) is 9.48 Å². The fraction of sp³-hybridized carbons (Fsp3) is 0.800. The van der Waals surface area contributed by atoms with Crippen LogP contribution in [0.2, 0.25) is 0 Å². The molecule has 9 heteroatoms. The summed E-state index contributed by atoms with van der Waals surface area (Å²) in [5.74, 6) is 0.849. The number of likely N-dealkylation sites (N-methyl/N-ethyl adjacent to an activating group) is 1. The van der Waals surface area contributed by atoms with Crippen molar-refractivity contribution in [3.63, 3.8) is 0 Å². The van der Waals surface area contributed by atoms with Crippen molar-refractivity contribution in [2.45, 2.75) is 50.7 Å². The van der Waals surface area contributed by atoms with Gasteiger partial charge in [-0.1, -0.05) is 0 Å². The lowest BCUT2D eigenvalue weighted by atomic mass is 9.80. The third-order valence-corrected chi connectivity index (χ3v) is 5.56. The highest BCUT2D eigenvalue weighted by Gasteiger charge is 2.51. The summed E-state index contributed by atoms with van der Waals surface area (Å²) in [7, 11) is 1.54. The Labute approximate surface area is 140 Å². The minimum atomic E-state index is -0.813. The first kappa shape index (κ1) is 15.5. The number of nitrogens with one attached hydrogen (secondary N) is 1. The minimum Gasteiger partial charge on any atom is -0.323 e. The fourth-order valence-corrected chi connectivity index (χ4v) is 3.87. The van der Waals surface area contributed by atoms with Crippen LogP contribution in [0, 0.1) is 5.92 Å². The summed E-state index contributed by atoms with van der Waals surface area (Å²) in [5.41, 5.74) is -0.813. The van der Waals surface area contributed by atoms with Crippen molar-refractivity contribution in [3.8, 4) is 0 Å². The Bertz CT molecular complexity index is 671. The Balaban J connectivity index is 1.47. The summed E-state index contributed by atoms with van der Waals surface area (Å²) in [4.78, 5) is 27.8. The van der Waals surface area contributed by atoms with Gasteiger partial charge in [0.25, 0.3) is 5.91 Å². The molecule has 1 aromatic rings. The normalized spacial score (nSPS) is 31.6. The average Bonchev–Trinajstić information content (AvgIpc) is 3.28. The van der Waals surface area contributed by atoms with Gasteiger partial charge in [0.2, 0.25) is 0 Å². The molecule has 3 heterocycles. The number of piperidine rings is 1. The minimum absolute atomic E-state index is 0.0953. The fourth-order valence-electron chi connectivity index (χ4n) is 3.87. The van der Waals surface area contributed by atoms with E-state index in [1.807, 2.05) is 11.6 Å². The first-order chi connectivity index (χ1) is 11.5. The maximum atomic E-state index is 12.5. The molecule has 0 spiro atoms. The Morgan fingerprint density at radius 1 is 1.29 bits per heavy atom. The van der Waals surface area contributed by atoms with Crippen LogP contribution in [-0.4, -0.2) is 67.6 Å². The maximum Gasteiger partial charge on any atom is 0.324 e. The van der Waals surface area contributed by atoms with Gasteiger partial charge in [0.1, 0.15) is 5.54 Å². The van der Waals surface area contributed by atoms with Crippen molar-refractivity contribution in [2.75, 3.05) is 20.1 Å². The number of carbonyl (C=O) groups is 2. The van der Waals surface area contributed by atoms with Crippen LogP contribution < -0.4 is 5.32 Å². The zero-order valence-electron chi connectivity index (χ0n) is 14.1. The molecule has 2 atom stereocenters. The van der Waals surface area contributed by atoms with E-state index in [1.54, 1.807) is 0 Å². The molecule has 2 unspecified atom stereocenters. The molecule has 1 N–H and O–H groups in total. The number of hydrogen-bond acceptors (Lipinski definition) is 6. The van der Waals surface area contributed by atoms with E-state index >= 15 is 0 Å². The van der Waals surface area contributed by atoms with Crippen LogP contribution in [0.4, 0.5) is 4.79 Å². The third-order valence-electron chi connectivity index (χ3n) is 5.56. The molecule has 0 aromatic carbocycles. The summed E-state index contributed by atoms with van der Waals surface area (Å²) in [6.07, 6.45) is 4.22. The molecule has 3 amide bonds. The quantitative estimate of drug-likeness (QED) is 0.789. The lowest BCUT2D eigenvalue weighted by Crippen LogP contribution is -2.55. The number of amides is 3. The number of urea groups is 1. The Hall–Kier alpha value is -2.03. The molecular formula is C15H23N7O2. The molecule has 3 aliphatic rings. The largest absolute Gasteiger partial charge is 0.324 e. The third kappa shape index (κ3) is 2.47. The van der Waals surface area contributed by atoms with Crippen LogP contribution in [-0.2, 0) is 11.3 Å². The zero-order chi connectivity index (χ0) is 16.9. The van der Waals surface area contributed by atoms with Crippen LogP contribution in [0.3, 0.4) is 0 Å². The van der Waals surface area contributed by atoms with Crippen LogP contribution in [0.5, 0.6) is 0 Å². The van der Waals surface area contributed by atoms with E-state index in [4.69, 9.17) is 0 Å². The monoisotopic (exact) mass is 333 g/mol. The first-order valence-corrected chi connectivity index (χ1v) is 8.58. The number of likely N-dealkylation sites (tertiary alicyclic amines) is 1.